The Balaban J connectivity index is 1.62. The first-order valence-corrected chi connectivity index (χ1v) is 8.20. The average Bonchev–Trinajstić information content (AvgIpc) is 3.10. The maximum atomic E-state index is 12.5. The molecule has 25 heavy (non-hydrogen) atoms. The second-order valence-electron chi connectivity index (χ2n) is 5.28. The molecule has 0 aliphatic carbocycles. The maximum Gasteiger partial charge on any atom is 0.416 e. The Morgan fingerprint density at radius 2 is 1.68 bits per heavy atom. The Bertz CT molecular complexity index is 858. The first kappa shape index (κ1) is 17.2. The number of amides is 1. The highest BCUT2D eigenvalue weighted by Gasteiger charge is 2.29. The standard InChI is InChI=1S/C18H13F3N2OS/c19-18(20,21)14-3-1-12(2-4-14)11-23-17(24)16-6-5-15(25-16)13-7-9-22-10-8-13/h1-10H,11H2,(H,23,24). The number of thiophene rings is 1. The van der Waals surface area contributed by atoms with E-state index in [0.717, 1.165) is 22.6 Å². The second-order valence-corrected chi connectivity index (χ2v) is 6.36. The fourth-order valence-electron chi connectivity index (χ4n) is 2.21. The number of alkyl halides is 3. The van der Waals surface area contributed by atoms with Crippen molar-refractivity contribution in [3.63, 3.8) is 0 Å². The molecule has 0 radical (unpaired) electrons. The molecule has 0 spiro atoms. The molecule has 3 rings (SSSR count). The van der Waals surface area contributed by atoms with E-state index >= 15 is 0 Å². The fraction of sp³-hybridized carbons (Fsp3) is 0.111. The summed E-state index contributed by atoms with van der Waals surface area (Å²) in [6, 6.07) is 12.0. The SMILES string of the molecule is O=C(NCc1ccc(C(F)(F)F)cc1)c1ccc(-c2ccncc2)s1. The molecule has 0 aliphatic heterocycles. The number of carbonyl (C=O) groups is 1. The van der Waals surface area contributed by atoms with E-state index < -0.39 is 11.7 Å². The quantitative estimate of drug-likeness (QED) is 0.727. The van der Waals surface area contributed by atoms with Crippen LogP contribution in [0.1, 0.15) is 20.8 Å². The van der Waals surface area contributed by atoms with E-state index in [4.69, 9.17) is 0 Å². The summed E-state index contributed by atoms with van der Waals surface area (Å²) in [6.07, 6.45) is -0.999. The number of hydrogen-bond acceptors (Lipinski definition) is 3. The Labute approximate surface area is 146 Å². The molecule has 0 unspecified atom stereocenters. The summed E-state index contributed by atoms with van der Waals surface area (Å²) >= 11 is 1.35. The van der Waals surface area contributed by atoms with E-state index in [9.17, 15) is 18.0 Å². The Morgan fingerprint density at radius 1 is 1.00 bits per heavy atom. The van der Waals surface area contributed by atoms with Gasteiger partial charge in [-0.25, -0.2) is 0 Å². The van der Waals surface area contributed by atoms with Crippen molar-refractivity contribution >= 4 is 17.2 Å². The Hall–Kier alpha value is -2.67. The summed E-state index contributed by atoms with van der Waals surface area (Å²) < 4.78 is 37.6. The lowest BCUT2D eigenvalue weighted by molar-refractivity contribution is -0.137. The van der Waals surface area contributed by atoms with E-state index in [2.05, 4.69) is 10.3 Å². The van der Waals surface area contributed by atoms with Gasteiger partial charge in [0.15, 0.2) is 0 Å². The predicted molar refractivity (Wildman–Crippen MR) is 90.2 cm³/mol. The van der Waals surface area contributed by atoms with Crippen molar-refractivity contribution in [1.82, 2.24) is 10.3 Å². The number of aromatic nitrogens is 1. The first-order valence-electron chi connectivity index (χ1n) is 7.38. The average molecular weight is 362 g/mol. The van der Waals surface area contributed by atoms with Gasteiger partial charge in [-0.15, -0.1) is 11.3 Å². The molecule has 0 atom stereocenters. The molecule has 0 bridgehead atoms. The van der Waals surface area contributed by atoms with Gasteiger partial charge in [0.2, 0.25) is 0 Å². The third kappa shape index (κ3) is 4.24. The predicted octanol–water partition coefficient (Wildman–Crippen LogP) is 4.76. The van der Waals surface area contributed by atoms with Crippen LogP contribution >= 0.6 is 11.3 Å². The van der Waals surface area contributed by atoms with Gasteiger partial charge in [0.1, 0.15) is 0 Å². The molecule has 128 valence electrons. The summed E-state index contributed by atoms with van der Waals surface area (Å²) in [5, 5.41) is 2.72. The zero-order valence-corrected chi connectivity index (χ0v) is 13.7. The normalized spacial score (nSPS) is 11.3. The molecule has 0 saturated heterocycles. The van der Waals surface area contributed by atoms with Gasteiger partial charge in [-0.05, 0) is 47.5 Å². The van der Waals surface area contributed by atoms with Crippen molar-refractivity contribution in [2.75, 3.05) is 0 Å². The number of pyridine rings is 1. The molecule has 7 heteroatoms. The zero-order valence-electron chi connectivity index (χ0n) is 12.9. The minimum atomic E-state index is -4.36. The molecule has 3 nitrogen and oxygen atoms in total. The lowest BCUT2D eigenvalue weighted by atomic mass is 10.1. The van der Waals surface area contributed by atoms with Crippen molar-refractivity contribution < 1.29 is 18.0 Å². The number of rotatable bonds is 4. The van der Waals surface area contributed by atoms with Crippen molar-refractivity contribution in [3.05, 3.63) is 76.9 Å². The largest absolute Gasteiger partial charge is 0.416 e. The number of nitrogens with zero attached hydrogens (tertiary/aromatic N) is 1. The zero-order chi connectivity index (χ0) is 17.9. The van der Waals surface area contributed by atoms with Crippen LogP contribution in [0.15, 0.2) is 60.9 Å². The molecule has 0 saturated carbocycles. The number of hydrogen-bond donors (Lipinski definition) is 1. The monoisotopic (exact) mass is 362 g/mol. The minimum Gasteiger partial charge on any atom is -0.347 e. The summed E-state index contributed by atoms with van der Waals surface area (Å²) in [5.41, 5.74) is 0.872. The van der Waals surface area contributed by atoms with E-state index in [1.807, 2.05) is 18.2 Å². The number of nitrogens with one attached hydrogen (secondary N) is 1. The van der Waals surface area contributed by atoms with Crippen molar-refractivity contribution in [2.45, 2.75) is 12.7 Å². The summed E-state index contributed by atoms with van der Waals surface area (Å²) in [6.45, 7) is 0.166. The van der Waals surface area contributed by atoms with Gasteiger partial charge < -0.3 is 5.32 Å². The molecular formula is C18H13F3N2OS. The van der Waals surface area contributed by atoms with E-state index in [1.165, 1.54) is 23.5 Å². The fourth-order valence-corrected chi connectivity index (χ4v) is 3.14. The van der Waals surface area contributed by atoms with E-state index in [1.54, 1.807) is 18.5 Å². The molecule has 0 aliphatic rings. The van der Waals surface area contributed by atoms with Gasteiger partial charge >= 0.3 is 6.18 Å². The Morgan fingerprint density at radius 3 is 2.32 bits per heavy atom. The number of benzene rings is 1. The third-order valence-corrected chi connectivity index (χ3v) is 4.66. The maximum absolute atomic E-state index is 12.5. The molecule has 3 aromatic rings. The Kier molecular flexibility index (Phi) is 4.85. The van der Waals surface area contributed by atoms with Crippen LogP contribution in [0.25, 0.3) is 10.4 Å². The van der Waals surface area contributed by atoms with Gasteiger partial charge in [-0.3, -0.25) is 9.78 Å². The first-order chi connectivity index (χ1) is 11.9. The van der Waals surface area contributed by atoms with Crippen molar-refractivity contribution in [3.8, 4) is 10.4 Å². The summed E-state index contributed by atoms with van der Waals surface area (Å²) in [7, 11) is 0. The lowest BCUT2D eigenvalue weighted by Gasteiger charge is -2.08. The van der Waals surface area contributed by atoms with E-state index in [0.29, 0.717) is 10.4 Å². The van der Waals surface area contributed by atoms with Crippen LogP contribution < -0.4 is 5.32 Å². The molecule has 2 heterocycles. The van der Waals surface area contributed by atoms with Crippen molar-refractivity contribution in [1.29, 1.82) is 0 Å². The van der Waals surface area contributed by atoms with Crippen LogP contribution in [-0.4, -0.2) is 10.9 Å². The number of carbonyl (C=O) groups excluding carboxylic acids is 1. The van der Waals surface area contributed by atoms with Crippen LogP contribution in [0, 0.1) is 0 Å². The lowest BCUT2D eigenvalue weighted by Crippen LogP contribution is -2.21. The number of halogens is 3. The summed E-state index contributed by atoms with van der Waals surface area (Å²) in [4.78, 5) is 17.6. The molecular weight excluding hydrogens is 349 g/mol. The topological polar surface area (TPSA) is 42.0 Å². The van der Waals surface area contributed by atoms with Gasteiger partial charge in [-0.2, -0.15) is 13.2 Å². The third-order valence-electron chi connectivity index (χ3n) is 3.53. The van der Waals surface area contributed by atoms with Gasteiger partial charge in [0, 0.05) is 23.8 Å². The van der Waals surface area contributed by atoms with E-state index in [-0.39, 0.29) is 12.5 Å². The van der Waals surface area contributed by atoms with Crippen LogP contribution in [0.2, 0.25) is 0 Å². The second kappa shape index (κ2) is 7.06. The smallest absolute Gasteiger partial charge is 0.347 e. The van der Waals surface area contributed by atoms with Crippen LogP contribution in [0.3, 0.4) is 0 Å². The van der Waals surface area contributed by atoms with Gasteiger partial charge in [0.05, 0.1) is 10.4 Å². The van der Waals surface area contributed by atoms with Crippen LogP contribution in [-0.2, 0) is 12.7 Å². The molecule has 0 fully saturated rings. The highest BCUT2D eigenvalue weighted by Crippen LogP contribution is 2.29. The minimum absolute atomic E-state index is 0.166. The highest BCUT2D eigenvalue weighted by atomic mass is 32.1. The molecule has 1 amide bonds. The molecule has 1 N–H and O–H groups in total. The molecule has 1 aromatic carbocycles. The van der Waals surface area contributed by atoms with Gasteiger partial charge in [-0.1, -0.05) is 12.1 Å². The highest BCUT2D eigenvalue weighted by molar-refractivity contribution is 7.17. The summed E-state index contributed by atoms with van der Waals surface area (Å²) in [5.74, 6) is -0.259. The van der Waals surface area contributed by atoms with Crippen molar-refractivity contribution in [2.24, 2.45) is 0 Å². The van der Waals surface area contributed by atoms with Gasteiger partial charge in [0.25, 0.3) is 5.91 Å². The van der Waals surface area contributed by atoms with Crippen LogP contribution in [0.5, 0.6) is 0 Å². The molecule has 2 aromatic heterocycles. The van der Waals surface area contributed by atoms with Crippen LogP contribution in [0.4, 0.5) is 13.2 Å².